The molecule has 0 radical (unpaired) electrons. The fraction of sp³-hybridized carbons (Fsp3) is 0.468. The van der Waals surface area contributed by atoms with Crippen molar-refractivity contribution in [3.8, 4) is 0 Å². The Balaban J connectivity index is 0.748. The molecule has 5 aliphatic heterocycles. The van der Waals surface area contributed by atoms with Gasteiger partial charge < -0.3 is 30.0 Å². The summed E-state index contributed by atoms with van der Waals surface area (Å²) in [4.78, 5) is 74.6. The van der Waals surface area contributed by atoms with Crippen molar-refractivity contribution >= 4 is 52.6 Å². The molecule has 3 N–H and O–H groups in total. The van der Waals surface area contributed by atoms with Crippen molar-refractivity contribution in [2.24, 2.45) is 0 Å². The second-order valence-corrected chi connectivity index (χ2v) is 17.8. The molecule has 5 aliphatic rings. The average Bonchev–Trinajstić information content (AvgIpc) is 3.60. The highest BCUT2D eigenvalue weighted by atomic mass is 16.3. The molecule has 9 rings (SSSR count). The summed E-state index contributed by atoms with van der Waals surface area (Å²) in [5.41, 5.74) is 5.59. The fourth-order valence-electron chi connectivity index (χ4n) is 10.0. The zero-order valence-corrected chi connectivity index (χ0v) is 36.0. The second kappa shape index (κ2) is 16.7. The van der Waals surface area contributed by atoms with Crippen LogP contribution in [0.3, 0.4) is 0 Å². The molecule has 62 heavy (non-hydrogen) atoms. The smallest absolute Gasteiger partial charge is 0.255 e. The highest BCUT2D eigenvalue weighted by Gasteiger charge is 2.42. The summed E-state index contributed by atoms with van der Waals surface area (Å²) in [5.74, 6) is 1.42. The van der Waals surface area contributed by atoms with Gasteiger partial charge in [0.2, 0.25) is 23.7 Å². The molecular formula is C47H56N10O5. The van der Waals surface area contributed by atoms with E-state index in [4.69, 9.17) is 9.97 Å². The highest BCUT2D eigenvalue weighted by molar-refractivity contribution is 6.06. The Hall–Kier alpha value is -5.93. The Labute approximate surface area is 362 Å². The molecule has 4 aromatic rings. The SMILES string of the molecule is CC[C@@H]1C(=O)N(C)c2cnc(Nc3ccc(C4CCN(c5ccc(CN6CCC(O)(c7ccc8c(c7)CN(C7CCC(=O)NC7=O)C8=O)CC6)cc5)CC4)cn3)nc2N1C(C)C. The van der Waals surface area contributed by atoms with E-state index in [2.05, 4.69) is 74.5 Å². The minimum atomic E-state index is -0.991. The number of nitrogens with zero attached hydrogens (tertiary/aromatic N) is 8. The second-order valence-electron chi connectivity index (χ2n) is 17.8. The first kappa shape index (κ1) is 41.4. The standard InChI is InChI=1S/C47H56N10O5/c1-5-37-45(61)53(4)39-26-49-46(52-42(39)57(37)29(2)3)50-40-14-8-32(25-48-40)31-16-20-55(21-17-31)35-10-6-30(7-11-35)27-54-22-18-47(62,19-23-54)34-9-12-36-33(24-34)28-56(44(36)60)38-13-15-41(58)51-43(38)59/h6-12,14,24-26,29,31,37-38,62H,5,13,15-23,27-28H2,1-4H3,(H,51,58,59)(H,48,49,50,52)/t37-,38?/m1/s1. The van der Waals surface area contributed by atoms with Crippen LogP contribution in [0.5, 0.6) is 0 Å². The maximum absolute atomic E-state index is 13.2. The number of nitrogens with one attached hydrogen (secondary N) is 2. The fourth-order valence-corrected chi connectivity index (χ4v) is 10.0. The van der Waals surface area contributed by atoms with Crippen LogP contribution in [0, 0.1) is 0 Å². The Kier molecular flexibility index (Phi) is 11.2. The molecule has 0 bridgehead atoms. The molecule has 2 aromatic heterocycles. The van der Waals surface area contributed by atoms with Crippen molar-refractivity contribution in [1.29, 1.82) is 0 Å². The molecule has 324 valence electrons. The number of likely N-dealkylation sites (tertiary alicyclic amines) is 1. The number of aromatic nitrogens is 3. The van der Waals surface area contributed by atoms with Gasteiger partial charge >= 0.3 is 0 Å². The van der Waals surface area contributed by atoms with Crippen molar-refractivity contribution in [2.45, 2.75) is 108 Å². The number of hydrogen-bond donors (Lipinski definition) is 3. The van der Waals surface area contributed by atoms with Gasteiger partial charge in [-0.3, -0.25) is 29.4 Å². The van der Waals surface area contributed by atoms with Crippen LogP contribution in [-0.4, -0.2) is 105 Å². The van der Waals surface area contributed by atoms with Gasteiger partial charge in [-0.15, -0.1) is 0 Å². The summed E-state index contributed by atoms with van der Waals surface area (Å²) in [5, 5.41) is 17.4. The van der Waals surface area contributed by atoms with Gasteiger partial charge in [-0.25, -0.2) is 9.97 Å². The van der Waals surface area contributed by atoms with E-state index in [0.717, 1.165) is 62.5 Å². The van der Waals surface area contributed by atoms with Crippen LogP contribution in [0.1, 0.15) is 104 Å². The molecule has 0 saturated carbocycles. The van der Waals surface area contributed by atoms with Gasteiger partial charge in [-0.05, 0) is 105 Å². The molecule has 0 spiro atoms. The summed E-state index contributed by atoms with van der Waals surface area (Å²) in [6.45, 7) is 10.7. The van der Waals surface area contributed by atoms with Crippen LogP contribution in [0.15, 0.2) is 67.0 Å². The maximum atomic E-state index is 13.2. The predicted molar refractivity (Wildman–Crippen MR) is 236 cm³/mol. The Bertz CT molecular complexity index is 2360. The lowest BCUT2D eigenvalue weighted by atomic mass is 9.83. The third-order valence-corrected chi connectivity index (χ3v) is 13.7. The highest BCUT2D eigenvalue weighted by Crippen LogP contribution is 2.39. The number of carbonyl (C=O) groups excluding carboxylic acids is 4. The number of hydrogen-bond acceptors (Lipinski definition) is 12. The molecule has 15 heteroatoms. The molecule has 3 fully saturated rings. The molecule has 2 aromatic carbocycles. The normalized spacial score (nSPS) is 22.0. The van der Waals surface area contributed by atoms with Crippen LogP contribution in [0.2, 0.25) is 0 Å². The minimum Gasteiger partial charge on any atom is -0.385 e. The molecule has 7 heterocycles. The number of pyridine rings is 1. The summed E-state index contributed by atoms with van der Waals surface area (Å²) < 4.78 is 0. The number of benzene rings is 2. The maximum Gasteiger partial charge on any atom is 0.255 e. The van der Waals surface area contributed by atoms with E-state index < -0.39 is 17.6 Å². The van der Waals surface area contributed by atoms with Crippen molar-refractivity contribution in [1.82, 2.24) is 30.1 Å². The van der Waals surface area contributed by atoms with Gasteiger partial charge in [-0.2, -0.15) is 4.98 Å². The lowest BCUT2D eigenvalue weighted by Crippen LogP contribution is -2.54. The van der Waals surface area contributed by atoms with Crippen LogP contribution >= 0.6 is 0 Å². The lowest BCUT2D eigenvalue weighted by molar-refractivity contribution is -0.137. The summed E-state index contributed by atoms with van der Waals surface area (Å²) >= 11 is 0. The zero-order chi connectivity index (χ0) is 43.3. The zero-order valence-electron chi connectivity index (χ0n) is 36.0. The van der Waals surface area contributed by atoms with Gasteiger partial charge in [0, 0.05) is 76.2 Å². The van der Waals surface area contributed by atoms with Crippen LogP contribution in [0.4, 0.5) is 29.0 Å². The van der Waals surface area contributed by atoms with Gasteiger partial charge in [0.1, 0.15) is 23.6 Å². The minimum absolute atomic E-state index is 0.0568. The number of likely N-dealkylation sites (N-methyl/N-ethyl adjacent to an activating group) is 1. The number of rotatable bonds is 10. The number of imide groups is 1. The van der Waals surface area contributed by atoms with E-state index in [0.29, 0.717) is 61.2 Å². The number of aliphatic hydroxyl groups is 1. The Morgan fingerprint density at radius 1 is 0.919 bits per heavy atom. The molecule has 15 nitrogen and oxygen atoms in total. The molecule has 3 saturated heterocycles. The van der Waals surface area contributed by atoms with Gasteiger partial charge in [-0.1, -0.05) is 37.3 Å². The predicted octanol–water partition coefficient (Wildman–Crippen LogP) is 5.21. The van der Waals surface area contributed by atoms with E-state index in [1.54, 1.807) is 29.1 Å². The molecule has 1 unspecified atom stereocenters. The van der Waals surface area contributed by atoms with Gasteiger partial charge in [0.25, 0.3) is 5.91 Å². The van der Waals surface area contributed by atoms with Crippen molar-refractivity contribution in [3.05, 3.63) is 94.8 Å². The van der Waals surface area contributed by atoms with Gasteiger partial charge in [0.05, 0.1) is 11.8 Å². The first-order chi connectivity index (χ1) is 29.9. The van der Waals surface area contributed by atoms with E-state index >= 15 is 0 Å². The third-order valence-electron chi connectivity index (χ3n) is 13.7. The average molecular weight is 841 g/mol. The first-order valence-electron chi connectivity index (χ1n) is 22.1. The van der Waals surface area contributed by atoms with E-state index in [9.17, 15) is 24.3 Å². The first-order valence-corrected chi connectivity index (χ1v) is 22.1. The molecular weight excluding hydrogens is 785 g/mol. The van der Waals surface area contributed by atoms with Crippen LogP contribution < -0.4 is 25.3 Å². The largest absolute Gasteiger partial charge is 0.385 e. The van der Waals surface area contributed by atoms with E-state index in [1.165, 1.54) is 16.8 Å². The van der Waals surface area contributed by atoms with Crippen molar-refractivity contribution in [2.75, 3.05) is 53.2 Å². The van der Waals surface area contributed by atoms with E-state index in [-0.39, 0.29) is 36.2 Å². The third kappa shape index (κ3) is 7.87. The number of amides is 4. The molecule has 0 aliphatic carbocycles. The summed E-state index contributed by atoms with van der Waals surface area (Å²) in [6, 6.07) is 17.8. The van der Waals surface area contributed by atoms with Crippen molar-refractivity contribution in [3.63, 3.8) is 0 Å². The van der Waals surface area contributed by atoms with Gasteiger partial charge in [0.15, 0.2) is 5.82 Å². The monoisotopic (exact) mass is 840 g/mol. The van der Waals surface area contributed by atoms with Crippen LogP contribution in [0.25, 0.3) is 0 Å². The van der Waals surface area contributed by atoms with E-state index in [1.807, 2.05) is 31.3 Å². The topological polar surface area (TPSA) is 167 Å². The lowest BCUT2D eigenvalue weighted by Gasteiger charge is -2.42. The number of fused-ring (bicyclic) bond motifs is 2. The van der Waals surface area contributed by atoms with Crippen LogP contribution in [-0.2, 0) is 33.1 Å². The number of anilines is 5. The Morgan fingerprint density at radius 2 is 1.68 bits per heavy atom. The quantitative estimate of drug-likeness (QED) is 0.179. The molecule has 2 atom stereocenters. The van der Waals surface area contributed by atoms with Crippen molar-refractivity contribution < 1.29 is 24.3 Å². The molecule has 4 amide bonds. The summed E-state index contributed by atoms with van der Waals surface area (Å²) in [7, 11) is 1.78. The number of carbonyl (C=O) groups is 4. The Morgan fingerprint density at radius 3 is 2.35 bits per heavy atom. The number of piperidine rings is 3. The summed E-state index contributed by atoms with van der Waals surface area (Å²) in [6.07, 6.45) is 8.15.